The Hall–Kier alpha value is -1.59. The average Bonchev–Trinajstić information content (AvgIpc) is 2.24. The Morgan fingerprint density at radius 1 is 1.28 bits per heavy atom. The number of carbonyl (C=O) groups is 1. The van der Waals surface area contributed by atoms with Gasteiger partial charge in [0.2, 0.25) is 0 Å². The molecule has 100 valence electrons. The summed E-state index contributed by atoms with van der Waals surface area (Å²) in [6.07, 6.45) is -4.75. The van der Waals surface area contributed by atoms with E-state index in [0.29, 0.717) is 6.07 Å². The normalized spacial score (nSPS) is 15.2. The van der Waals surface area contributed by atoms with Gasteiger partial charge in [-0.3, -0.25) is 4.79 Å². The second-order valence-corrected chi connectivity index (χ2v) is 4.15. The van der Waals surface area contributed by atoms with Crippen LogP contribution < -0.4 is 0 Å². The molecular formula is C12H12F4O2. The van der Waals surface area contributed by atoms with Gasteiger partial charge in [0, 0.05) is 0 Å². The summed E-state index contributed by atoms with van der Waals surface area (Å²) in [5.74, 6) is -3.84. The summed E-state index contributed by atoms with van der Waals surface area (Å²) in [6, 6.07) is 2.48. The molecule has 0 amide bonds. The third kappa shape index (κ3) is 3.00. The van der Waals surface area contributed by atoms with Gasteiger partial charge in [-0.05, 0) is 23.6 Å². The molecule has 2 nitrogen and oxygen atoms in total. The highest BCUT2D eigenvalue weighted by molar-refractivity contribution is 5.70. The maximum Gasteiger partial charge on any atom is 0.419 e. The largest absolute Gasteiger partial charge is 0.481 e. The van der Waals surface area contributed by atoms with E-state index >= 15 is 0 Å². The zero-order chi connectivity index (χ0) is 14.1. The van der Waals surface area contributed by atoms with Gasteiger partial charge in [0.25, 0.3) is 0 Å². The van der Waals surface area contributed by atoms with E-state index in [1.807, 2.05) is 0 Å². The van der Waals surface area contributed by atoms with Crippen LogP contribution in [0.25, 0.3) is 0 Å². The van der Waals surface area contributed by atoms with Gasteiger partial charge in [0.05, 0.1) is 11.5 Å². The van der Waals surface area contributed by atoms with Crippen molar-refractivity contribution in [2.75, 3.05) is 0 Å². The van der Waals surface area contributed by atoms with Crippen molar-refractivity contribution >= 4 is 5.97 Å². The maximum absolute atomic E-state index is 13.3. The van der Waals surface area contributed by atoms with Crippen LogP contribution in [0, 0.1) is 11.7 Å². The molecule has 2 unspecified atom stereocenters. The molecule has 1 aromatic carbocycles. The number of rotatable bonds is 3. The molecule has 18 heavy (non-hydrogen) atoms. The molecule has 0 fully saturated rings. The van der Waals surface area contributed by atoms with Gasteiger partial charge in [0.1, 0.15) is 5.82 Å². The van der Waals surface area contributed by atoms with Crippen LogP contribution in [0.2, 0.25) is 0 Å². The molecule has 6 heteroatoms. The minimum Gasteiger partial charge on any atom is -0.481 e. The Kier molecular flexibility index (Phi) is 3.98. The first-order valence-corrected chi connectivity index (χ1v) is 5.24. The highest BCUT2D eigenvalue weighted by Gasteiger charge is 2.34. The zero-order valence-electron chi connectivity index (χ0n) is 9.75. The SMILES string of the molecule is CC(C(=O)O)C(C)c1ccc(C(F)(F)F)c(F)c1. The van der Waals surface area contributed by atoms with E-state index < -0.39 is 35.4 Å². The molecule has 0 bridgehead atoms. The first-order valence-electron chi connectivity index (χ1n) is 5.24. The van der Waals surface area contributed by atoms with Crippen LogP contribution >= 0.6 is 0 Å². The number of carboxylic acid groups (broad SMARTS) is 1. The quantitative estimate of drug-likeness (QED) is 0.846. The van der Waals surface area contributed by atoms with Crippen molar-refractivity contribution in [3.05, 3.63) is 35.1 Å². The fraction of sp³-hybridized carbons (Fsp3) is 0.417. The Bertz CT molecular complexity index is 454. The van der Waals surface area contributed by atoms with Crippen molar-refractivity contribution in [2.45, 2.75) is 25.9 Å². The lowest BCUT2D eigenvalue weighted by Crippen LogP contribution is -2.17. The average molecular weight is 264 g/mol. The predicted octanol–water partition coefficient (Wildman–Crippen LogP) is 3.67. The molecule has 0 spiro atoms. The molecule has 0 saturated heterocycles. The number of aliphatic carboxylic acids is 1. The van der Waals surface area contributed by atoms with Crippen LogP contribution in [-0.4, -0.2) is 11.1 Å². The van der Waals surface area contributed by atoms with Gasteiger partial charge < -0.3 is 5.11 Å². The molecule has 2 atom stereocenters. The smallest absolute Gasteiger partial charge is 0.419 e. The number of carboxylic acids is 1. The fourth-order valence-corrected chi connectivity index (χ4v) is 1.55. The minimum atomic E-state index is -4.75. The van der Waals surface area contributed by atoms with Crippen molar-refractivity contribution in [3.8, 4) is 0 Å². The van der Waals surface area contributed by atoms with Gasteiger partial charge >= 0.3 is 12.1 Å². The molecule has 0 aliphatic carbocycles. The second-order valence-electron chi connectivity index (χ2n) is 4.15. The van der Waals surface area contributed by atoms with Gasteiger partial charge in [-0.25, -0.2) is 4.39 Å². The molecule has 1 N–H and O–H groups in total. The van der Waals surface area contributed by atoms with Gasteiger partial charge in [-0.1, -0.05) is 19.9 Å². The summed E-state index contributed by atoms with van der Waals surface area (Å²) < 4.78 is 50.3. The predicted molar refractivity (Wildman–Crippen MR) is 56.6 cm³/mol. The molecule has 0 aliphatic heterocycles. The number of benzene rings is 1. The highest BCUT2D eigenvalue weighted by Crippen LogP contribution is 2.33. The topological polar surface area (TPSA) is 37.3 Å². The van der Waals surface area contributed by atoms with Crippen LogP contribution in [0.4, 0.5) is 17.6 Å². The van der Waals surface area contributed by atoms with E-state index in [1.54, 1.807) is 0 Å². The highest BCUT2D eigenvalue weighted by atomic mass is 19.4. The van der Waals surface area contributed by atoms with Crippen LogP contribution in [0.3, 0.4) is 0 Å². The zero-order valence-corrected chi connectivity index (χ0v) is 9.75. The second kappa shape index (κ2) is 4.96. The standard InChI is InChI=1S/C12H12F4O2/c1-6(7(2)11(17)18)8-3-4-9(10(13)5-8)12(14,15)16/h3-7H,1-2H3,(H,17,18). The van der Waals surface area contributed by atoms with E-state index in [4.69, 9.17) is 5.11 Å². The minimum absolute atomic E-state index is 0.232. The number of hydrogen-bond acceptors (Lipinski definition) is 1. The Morgan fingerprint density at radius 2 is 1.83 bits per heavy atom. The van der Waals surface area contributed by atoms with E-state index in [2.05, 4.69) is 0 Å². The number of hydrogen-bond donors (Lipinski definition) is 1. The summed E-state index contributed by atoms with van der Waals surface area (Å²) in [7, 11) is 0. The van der Waals surface area contributed by atoms with Gasteiger partial charge in [-0.2, -0.15) is 13.2 Å². The Labute approximate surface area is 101 Å². The van der Waals surface area contributed by atoms with Gasteiger partial charge in [-0.15, -0.1) is 0 Å². The van der Waals surface area contributed by atoms with Crippen LogP contribution in [0.5, 0.6) is 0 Å². The first kappa shape index (κ1) is 14.5. The van der Waals surface area contributed by atoms with Crippen molar-refractivity contribution < 1.29 is 27.5 Å². The number of halogens is 4. The fourth-order valence-electron chi connectivity index (χ4n) is 1.55. The van der Waals surface area contributed by atoms with Gasteiger partial charge in [0.15, 0.2) is 0 Å². The third-order valence-electron chi connectivity index (χ3n) is 2.96. The lowest BCUT2D eigenvalue weighted by molar-refractivity contribution is -0.142. The van der Waals surface area contributed by atoms with E-state index in [0.717, 1.165) is 12.1 Å². The monoisotopic (exact) mass is 264 g/mol. The molecule has 0 aliphatic rings. The van der Waals surface area contributed by atoms with E-state index in [9.17, 15) is 22.4 Å². The van der Waals surface area contributed by atoms with Crippen molar-refractivity contribution in [1.82, 2.24) is 0 Å². The Balaban J connectivity index is 3.08. The first-order chi connectivity index (χ1) is 8.14. The number of alkyl halides is 3. The summed E-state index contributed by atoms with van der Waals surface area (Å²) in [5.41, 5.74) is -1.11. The van der Waals surface area contributed by atoms with Crippen LogP contribution in [-0.2, 0) is 11.0 Å². The molecule has 0 heterocycles. The molecule has 0 aromatic heterocycles. The van der Waals surface area contributed by atoms with Crippen LogP contribution in [0.15, 0.2) is 18.2 Å². The summed E-state index contributed by atoms with van der Waals surface area (Å²) >= 11 is 0. The molecule has 0 saturated carbocycles. The summed E-state index contributed by atoms with van der Waals surface area (Å²) in [5, 5.41) is 8.79. The molecular weight excluding hydrogens is 252 g/mol. The van der Waals surface area contributed by atoms with Crippen molar-refractivity contribution in [1.29, 1.82) is 0 Å². The summed E-state index contributed by atoms with van der Waals surface area (Å²) in [4.78, 5) is 10.8. The Morgan fingerprint density at radius 3 is 2.22 bits per heavy atom. The lowest BCUT2D eigenvalue weighted by atomic mass is 9.88. The van der Waals surface area contributed by atoms with E-state index in [-0.39, 0.29) is 5.56 Å². The van der Waals surface area contributed by atoms with Crippen LogP contribution in [0.1, 0.15) is 30.9 Å². The third-order valence-corrected chi connectivity index (χ3v) is 2.96. The molecule has 1 rings (SSSR count). The van der Waals surface area contributed by atoms with Crippen molar-refractivity contribution in [3.63, 3.8) is 0 Å². The molecule has 1 aromatic rings. The summed E-state index contributed by atoms with van der Waals surface area (Å²) in [6.45, 7) is 2.95. The van der Waals surface area contributed by atoms with Crippen molar-refractivity contribution in [2.24, 2.45) is 5.92 Å². The van der Waals surface area contributed by atoms with E-state index in [1.165, 1.54) is 13.8 Å². The molecule has 0 radical (unpaired) electrons. The lowest BCUT2D eigenvalue weighted by Gasteiger charge is -2.17. The maximum atomic E-state index is 13.3.